The zero-order chi connectivity index (χ0) is 12.0. The van der Waals surface area contributed by atoms with Gasteiger partial charge in [-0.2, -0.15) is 0 Å². The highest BCUT2D eigenvalue weighted by Crippen LogP contribution is 2.32. The van der Waals surface area contributed by atoms with Crippen molar-refractivity contribution in [2.45, 2.75) is 0 Å². The van der Waals surface area contributed by atoms with Crippen LogP contribution in [0, 0.1) is 0 Å². The van der Waals surface area contributed by atoms with Crippen molar-refractivity contribution in [1.29, 1.82) is 0 Å². The molecule has 0 fully saturated rings. The number of carbonyl (C=O) groups excluding carboxylic acids is 2. The summed E-state index contributed by atoms with van der Waals surface area (Å²) >= 11 is 0. The van der Waals surface area contributed by atoms with Gasteiger partial charge in [-0.3, -0.25) is 9.59 Å². The number of benzene rings is 2. The molecule has 1 aliphatic carbocycles. The maximum Gasteiger partial charge on any atom is 0.234 e. The Hall–Kier alpha value is -2.16. The monoisotopic (exact) mass is 218 g/mol. The van der Waals surface area contributed by atoms with Gasteiger partial charge in [0.25, 0.3) is 0 Å². The van der Waals surface area contributed by atoms with Crippen molar-refractivity contribution in [3.8, 4) is 11.1 Å². The SMILES string of the molecule is [B]c1ccc2c(c1)C(=O)C(=O)c1ccccc1-2. The van der Waals surface area contributed by atoms with E-state index in [2.05, 4.69) is 0 Å². The third-order valence-corrected chi connectivity index (χ3v) is 2.96. The molecular formula is C14H7BO2. The van der Waals surface area contributed by atoms with Crippen LogP contribution in [0.25, 0.3) is 11.1 Å². The minimum atomic E-state index is -0.481. The molecule has 2 radical (unpaired) electrons. The highest BCUT2D eigenvalue weighted by molar-refractivity contribution is 6.53. The number of hydrogen-bond acceptors (Lipinski definition) is 2. The van der Waals surface area contributed by atoms with Crippen LogP contribution in [-0.4, -0.2) is 19.4 Å². The second kappa shape index (κ2) is 3.42. The Bertz CT molecular complexity index is 659. The van der Waals surface area contributed by atoms with Crippen LogP contribution in [0.15, 0.2) is 42.5 Å². The second-order valence-electron chi connectivity index (χ2n) is 4.01. The molecule has 17 heavy (non-hydrogen) atoms. The van der Waals surface area contributed by atoms with E-state index < -0.39 is 11.6 Å². The number of hydrogen-bond donors (Lipinski definition) is 0. The van der Waals surface area contributed by atoms with E-state index in [1.165, 1.54) is 0 Å². The minimum absolute atomic E-state index is 0.397. The van der Waals surface area contributed by atoms with Gasteiger partial charge in [-0.1, -0.05) is 47.9 Å². The fraction of sp³-hybridized carbons (Fsp3) is 0. The topological polar surface area (TPSA) is 34.1 Å². The number of ketones is 2. The molecule has 0 aromatic heterocycles. The summed E-state index contributed by atoms with van der Waals surface area (Å²) < 4.78 is 0. The van der Waals surface area contributed by atoms with Crippen molar-refractivity contribution in [2.24, 2.45) is 0 Å². The van der Waals surface area contributed by atoms with Gasteiger partial charge in [0, 0.05) is 11.1 Å². The lowest BCUT2D eigenvalue weighted by Gasteiger charge is -2.17. The Morgan fingerprint density at radius 2 is 1.29 bits per heavy atom. The Balaban J connectivity index is 2.40. The summed E-state index contributed by atoms with van der Waals surface area (Å²) in [5, 5.41) is 0. The summed E-state index contributed by atoms with van der Waals surface area (Å²) in [6, 6.07) is 12.2. The lowest BCUT2D eigenvalue weighted by atomic mass is 9.81. The molecule has 0 bridgehead atoms. The molecule has 0 unspecified atom stereocenters. The highest BCUT2D eigenvalue weighted by atomic mass is 16.2. The van der Waals surface area contributed by atoms with Gasteiger partial charge in [0.2, 0.25) is 11.6 Å². The maximum atomic E-state index is 11.9. The van der Waals surface area contributed by atoms with E-state index in [1.54, 1.807) is 30.3 Å². The van der Waals surface area contributed by atoms with Gasteiger partial charge >= 0.3 is 0 Å². The third-order valence-electron chi connectivity index (χ3n) is 2.96. The van der Waals surface area contributed by atoms with Gasteiger partial charge in [0.05, 0.1) is 0 Å². The summed E-state index contributed by atoms with van der Waals surface area (Å²) in [5.74, 6) is -0.940. The van der Waals surface area contributed by atoms with Crippen molar-refractivity contribution in [3.63, 3.8) is 0 Å². The minimum Gasteiger partial charge on any atom is -0.285 e. The van der Waals surface area contributed by atoms with E-state index in [0.29, 0.717) is 16.6 Å². The lowest BCUT2D eigenvalue weighted by molar-refractivity contribution is 0.0815. The Kier molecular flexibility index (Phi) is 2.02. The normalized spacial score (nSPS) is 13.2. The average molecular weight is 218 g/mol. The Morgan fingerprint density at radius 3 is 2.06 bits per heavy atom. The standard InChI is InChI=1S/C14H7BO2/c15-8-5-6-10-9-3-1-2-4-11(9)13(16)14(17)12(10)7-8/h1-7H. The van der Waals surface area contributed by atoms with Crippen LogP contribution < -0.4 is 5.46 Å². The number of fused-ring (bicyclic) bond motifs is 3. The van der Waals surface area contributed by atoms with E-state index in [1.807, 2.05) is 12.1 Å². The number of carbonyl (C=O) groups is 2. The van der Waals surface area contributed by atoms with Crippen LogP contribution in [0.4, 0.5) is 0 Å². The van der Waals surface area contributed by atoms with Gasteiger partial charge in [-0.05, 0) is 11.1 Å². The molecule has 0 atom stereocenters. The fourth-order valence-corrected chi connectivity index (χ4v) is 2.15. The van der Waals surface area contributed by atoms with Crippen LogP contribution in [0.2, 0.25) is 0 Å². The molecule has 3 rings (SSSR count). The Labute approximate surface area is 99.7 Å². The van der Waals surface area contributed by atoms with Crippen LogP contribution in [0.3, 0.4) is 0 Å². The predicted octanol–water partition coefficient (Wildman–Crippen LogP) is 1.53. The number of Topliss-reactive ketones (excluding diaryl/α,β-unsaturated/α-hetero) is 2. The van der Waals surface area contributed by atoms with Gasteiger partial charge in [0.15, 0.2) is 0 Å². The lowest BCUT2D eigenvalue weighted by Crippen LogP contribution is -2.22. The molecule has 0 aliphatic heterocycles. The van der Waals surface area contributed by atoms with Crippen LogP contribution >= 0.6 is 0 Å². The number of rotatable bonds is 0. The van der Waals surface area contributed by atoms with Gasteiger partial charge in [-0.15, -0.1) is 0 Å². The first kappa shape index (κ1) is 10.0. The second-order valence-corrected chi connectivity index (χ2v) is 4.01. The fourth-order valence-electron chi connectivity index (χ4n) is 2.15. The summed E-state index contributed by atoms with van der Waals surface area (Å²) in [7, 11) is 5.65. The molecule has 2 nitrogen and oxygen atoms in total. The average Bonchev–Trinajstić information content (AvgIpc) is 2.36. The van der Waals surface area contributed by atoms with E-state index in [-0.39, 0.29) is 0 Å². The van der Waals surface area contributed by atoms with E-state index >= 15 is 0 Å². The van der Waals surface area contributed by atoms with Gasteiger partial charge in [0.1, 0.15) is 7.85 Å². The van der Waals surface area contributed by atoms with E-state index in [0.717, 1.165) is 11.1 Å². The summed E-state index contributed by atoms with van der Waals surface area (Å²) in [4.78, 5) is 23.8. The van der Waals surface area contributed by atoms with Gasteiger partial charge in [-0.25, -0.2) is 0 Å². The third kappa shape index (κ3) is 1.36. The van der Waals surface area contributed by atoms with Crippen molar-refractivity contribution < 1.29 is 9.59 Å². The zero-order valence-electron chi connectivity index (χ0n) is 8.94. The first-order chi connectivity index (χ1) is 8.18. The molecule has 0 N–H and O–H groups in total. The van der Waals surface area contributed by atoms with Crippen molar-refractivity contribution in [2.75, 3.05) is 0 Å². The van der Waals surface area contributed by atoms with Crippen molar-refractivity contribution in [3.05, 3.63) is 53.6 Å². The molecular weight excluding hydrogens is 211 g/mol. The smallest absolute Gasteiger partial charge is 0.234 e. The largest absolute Gasteiger partial charge is 0.285 e. The molecule has 0 spiro atoms. The molecule has 2 aromatic rings. The molecule has 0 saturated carbocycles. The zero-order valence-corrected chi connectivity index (χ0v) is 8.94. The molecule has 0 amide bonds. The van der Waals surface area contributed by atoms with Crippen LogP contribution in [0.5, 0.6) is 0 Å². The van der Waals surface area contributed by atoms with Crippen LogP contribution in [-0.2, 0) is 0 Å². The molecule has 0 heterocycles. The first-order valence-corrected chi connectivity index (χ1v) is 5.26. The molecule has 2 aromatic carbocycles. The van der Waals surface area contributed by atoms with Crippen molar-refractivity contribution in [1.82, 2.24) is 0 Å². The summed E-state index contributed by atoms with van der Waals surface area (Å²) in [6.07, 6.45) is 0. The van der Waals surface area contributed by atoms with E-state index in [4.69, 9.17) is 7.85 Å². The first-order valence-electron chi connectivity index (χ1n) is 5.26. The summed E-state index contributed by atoms with van der Waals surface area (Å²) in [6.45, 7) is 0. The molecule has 1 aliphatic rings. The van der Waals surface area contributed by atoms with Gasteiger partial charge < -0.3 is 0 Å². The molecule has 0 saturated heterocycles. The predicted molar refractivity (Wildman–Crippen MR) is 65.9 cm³/mol. The highest BCUT2D eigenvalue weighted by Gasteiger charge is 2.29. The van der Waals surface area contributed by atoms with Crippen LogP contribution in [0.1, 0.15) is 20.7 Å². The maximum absolute atomic E-state index is 11.9. The van der Waals surface area contributed by atoms with Crippen molar-refractivity contribution >= 4 is 24.9 Å². The molecule has 3 heteroatoms. The quantitative estimate of drug-likeness (QED) is 0.496. The van der Waals surface area contributed by atoms with E-state index in [9.17, 15) is 9.59 Å². The molecule has 78 valence electrons. The Morgan fingerprint density at radius 1 is 0.706 bits per heavy atom. The summed E-state index contributed by atoms with van der Waals surface area (Å²) in [5.41, 5.74) is 2.93.